The molecule has 0 spiro atoms. The summed E-state index contributed by atoms with van der Waals surface area (Å²) >= 11 is 0. The monoisotopic (exact) mass is 294 g/mol. The van der Waals surface area contributed by atoms with Gasteiger partial charge in [0.25, 0.3) is 5.91 Å². The van der Waals surface area contributed by atoms with Gasteiger partial charge in [-0.15, -0.1) is 0 Å². The number of hydrogen-bond acceptors (Lipinski definition) is 2. The maximum absolute atomic E-state index is 12.3. The minimum atomic E-state index is -0.584. The molecule has 4 heteroatoms. The highest BCUT2D eigenvalue weighted by Crippen LogP contribution is 2.38. The van der Waals surface area contributed by atoms with Crippen molar-refractivity contribution in [2.75, 3.05) is 10.6 Å². The van der Waals surface area contributed by atoms with Crippen LogP contribution in [0.2, 0.25) is 0 Å². The predicted molar refractivity (Wildman–Crippen MR) is 87.2 cm³/mol. The van der Waals surface area contributed by atoms with Gasteiger partial charge in [0.1, 0.15) is 0 Å². The summed E-state index contributed by atoms with van der Waals surface area (Å²) in [6.07, 6.45) is 0. The number of carbonyl (C=O) groups is 2. The van der Waals surface area contributed by atoms with E-state index in [4.69, 9.17) is 0 Å². The van der Waals surface area contributed by atoms with Crippen molar-refractivity contribution >= 4 is 23.2 Å². The Kier molecular flexibility index (Phi) is 3.24. The van der Waals surface area contributed by atoms with Crippen LogP contribution in [0.3, 0.4) is 0 Å². The molecule has 1 heterocycles. The fraction of sp³-hybridized carbons (Fsp3) is 0.222. The molecule has 1 aliphatic heterocycles. The van der Waals surface area contributed by atoms with Crippen molar-refractivity contribution in [1.29, 1.82) is 0 Å². The molecule has 0 unspecified atom stereocenters. The van der Waals surface area contributed by atoms with Gasteiger partial charge in [-0.3, -0.25) is 9.59 Å². The third-order valence-electron chi connectivity index (χ3n) is 4.05. The number of benzene rings is 2. The average molecular weight is 294 g/mol. The molecule has 0 bridgehead atoms. The van der Waals surface area contributed by atoms with Crippen LogP contribution in [0.25, 0.3) is 0 Å². The van der Waals surface area contributed by atoms with Crippen LogP contribution in [0, 0.1) is 6.92 Å². The van der Waals surface area contributed by atoms with Crippen molar-refractivity contribution in [3.05, 3.63) is 59.2 Å². The number of anilines is 2. The quantitative estimate of drug-likeness (QED) is 0.891. The first-order valence-electron chi connectivity index (χ1n) is 7.22. The van der Waals surface area contributed by atoms with Crippen molar-refractivity contribution in [3.63, 3.8) is 0 Å². The van der Waals surface area contributed by atoms with E-state index < -0.39 is 5.41 Å². The Hall–Kier alpha value is -2.62. The van der Waals surface area contributed by atoms with Gasteiger partial charge in [-0.25, -0.2) is 0 Å². The first kappa shape index (κ1) is 14.3. The second kappa shape index (κ2) is 4.98. The van der Waals surface area contributed by atoms with E-state index in [9.17, 15) is 9.59 Å². The number of fused-ring (bicyclic) bond motifs is 1. The normalized spacial score (nSPS) is 15.1. The molecule has 0 aromatic heterocycles. The molecule has 22 heavy (non-hydrogen) atoms. The lowest BCUT2D eigenvalue weighted by Gasteiger charge is -2.16. The lowest BCUT2D eigenvalue weighted by Crippen LogP contribution is -2.26. The number of aryl methyl sites for hydroxylation is 1. The van der Waals surface area contributed by atoms with Gasteiger partial charge < -0.3 is 10.6 Å². The van der Waals surface area contributed by atoms with Gasteiger partial charge >= 0.3 is 0 Å². The van der Waals surface area contributed by atoms with Gasteiger partial charge in [0.2, 0.25) is 5.91 Å². The number of rotatable bonds is 2. The second-order valence-electron chi connectivity index (χ2n) is 6.16. The molecule has 0 saturated carbocycles. The molecule has 112 valence electrons. The van der Waals surface area contributed by atoms with E-state index >= 15 is 0 Å². The maximum Gasteiger partial charge on any atom is 0.255 e. The molecular formula is C18H18N2O2. The van der Waals surface area contributed by atoms with Gasteiger partial charge in [-0.05, 0) is 56.7 Å². The number of hydrogen-bond donors (Lipinski definition) is 2. The molecule has 0 radical (unpaired) electrons. The summed E-state index contributed by atoms with van der Waals surface area (Å²) in [4.78, 5) is 24.2. The highest BCUT2D eigenvalue weighted by molar-refractivity contribution is 6.07. The zero-order chi connectivity index (χ0) is 15.9. The van der Waals surface area contributed by atoms with E-state index in [1.54, 1.807) is 12.1 Å². The number of nitrogens with one attached hydrogen (secondary N) is 2. The smallest absolute Gasteiger partial charge is 0.255 e. The lowest BCUT2D eigenvalue weighted by molar-refractivity contribution is -0.119. The summed E-state index contributed by atoms with van der Waals surface area (Å²) in [7, 11) is 0. The van der Waals surface area contributed by atoms with Crippen LogP contribution in [0.15, 0.2) is 42.5 Å². The Balaban J connectivity index is 1.87. The van der Waals surface area contributed by atoms with E-state index in [1.165, 1.54) is 0 Å². The minimum absolute atomic E-state index is 0.0235. The van der Waals surface area contributed by atoms with Crippen molar-refractivity contribution in [2.45, 2.75) is 26.2 Å². The van der Waals surface area contributed by atoms with Gasteiger partial charge in [0.15, 0.2) is 0 Å². The van der Waals surface area contributed by atoms with Gasteiger partial charge in [-0.1, -0.05) is 17.7 Å². The van der Waals surface area contributed by atoms with E-state index in [1.807, 2.05) is 51.1 Å². The fourth-order valence-electron chi connectivity index (χ4n) is 2.64. The fourth-order valence-corrected chi connectivity index (χ4v) is 2.64. The molecule has 2 N–H and O–H groups in total. The molecule has 2 amide bonds. The van der Waals surface area contributed by atoms with Crippen LogP contribution in [-0.2, 0) is 10.2 Å². The highest BCUT2D eigenvalue weighted by Gasteiger charge is 2.38. The van der Waals surface area contributed by atoms with Crippen LogP contribution in [0.5, 0.6) is 0 Å². The molecule has 0 atom stereocenters. The molecule has 0 aliphatic carbocycles. The Morgan fingerprint density at radius 1 is 1.14 bits per heavy atom. The highest BCUT2D eigenvalue weighted by atomic mass is 16.2. The summed E-state index contributed by atoms with van der Waals surface area (Å²) < 4.78 is 0. The predicted octanol–water partition coefficient (Wildman–Crippen LogP) is 3.48. The molecule has 1 aliphatic rings. The molecule has 4 nitrogen and oxygen atoms in total. The molecular weight excluding hydrogens is 276 g/mol. The molecule has 2 aromatic carbocycles. The SMILES string of the molecule is Cc1cccc(C(=O)Nc2ccc3c(c2)C(C)(C)C(=O)N3)c1. The van der Waals surface area contributed by atoms with E-state index in [0.29, 0.717) is 11.3 Å². The lowest BCUT2D eigenvalue weighted by atomic mass is 9.86. The van der Waals surface area contributed by atoms with Gasteiger partial charge in [-0.2, -0.15) is 0 Å². The van der Waals surface area contributed by atoms with Crippen molar-refractivity contribution in [3.8, 4) is 0 Å². The Bertz CT molecular complexity index is 778. The summed E-state index contributed by atoms with van der Waals surface area (Å²) in [6, 6.07) is 12.9. The largest absolute Gasteiger partial charge is 0.325 e. The summed E-state index contributed by atoms with van der Waals surface area (Å²) in [5, 5.41) is 5.75. The Morgan fingerprint density at radius 2 is 1.91 bits per heavy atom. The van der Waals surface area contributed by atoms with Crippen LogP contribution in [0.4, 0.5) is 11.4 Å². The number of amides is 2. The Morgan fingerprint density at radius 3 is 2.64 bits per heavy atom. The topological polar surface area (TPSA) is 58.2 Å². The van der Waals surface area contributed by atoms with Gasteiger partial charge in [0, 0.05) is 16.9 Å². The summed E-state index contributed by atoms with van der Waals surface area (Å²) in [5.74, 6) is -0.177. The standard InChI is InChI=1S/C18H18N2O2/c1-11-5-4-6-12(9-11)16(21)19-13-7-8-15-14(10-13)18(2,3)17(22)20-15/h4-10H,1-3H3,(H,19,21)(H,20,22). The minimum Gasteiger partial charge on any atom is -0.325 e. The number of carbonyl (C=O) groups excluding carboxylic acids is 2. The molecule has 0 fully saturated rings. The van der Waals surface area contributed by atoms with Crippen LogP contribution < -0.4 is 10.6 Å². The van der Waals surface area contributed by atoms with Gasteiger partial charge in [0.05, 0.1) is 5.41 Å². The summed E-state index contributed by atoms with van der Waals surface area (Å²) in [5.41, 5.74) is 3.48. The van der Waals surface area contributed by atoms with E-state index in [-0.39, 0.29) is 11.8 Å². The zero-order valence-corrected chi connectivity index (χ0v) is 12.9. The molecule has 2 aromatic rings. The summed E-state index contributed by atoms with van der Waals surface area (Å²) in [6.45, 7) is 5.70. The average Bonchev–Trinajstić information content (AvgIpc) is 2.70. The third kappa shape index (κ3) is 2.37. The second-order valence-corrected chi connectivity index (χ2v) is 6.16. The zero-order valence-electron chi connectivity index (χ0n) is 12.9. The van der Waals surface area contributed by atoms with E-state index in [0.717, 1.165) is 16.8 Å². The maximum atomic E-state index is 12.3. The van der Waals surface area contributed by atoms with Crippen LogP contribution in [-0.4, -0.2) is 11.8 Å². The Labute approximate surface area is 129 Å². The molecule has 3 rings (SSSR count). The van der Waals surface area contributed by atoms with Crippen molar-refractivity contribution < 1.29 is 9.59 Å². The molecule has 0 saturated heterocycles. The van der Waals surface area contributed by atoms with Crippen LogP contribution >= 0.6 is 0 Å². The third-order valence-corrected chi connectivity index (χ3v) is 4.05. The van der Waals surface area contributed by atoms with Crippen LogP contribution in [0.1, 0.15) is 35.3 Å². The van der Waals surface area contributed by atoms with Crippen molar-refractivity contribution in [1.82, 2.24) is 0 Å². The van der Waals surface area contributed by atoms with Crippen molar-refractivity contribution in [2.24, 2.45) is 0 Å². The first-order chi connectivity index (χ1) is 10.4. The van der Waals surface area contributed by atoms with E-state index in [2.05, 4.69) is 10.6 Å². The first-order valence-corrected chi connectivity index (χ1v) is 7.22.